The fourth-order valence-electron chi connectivity index (χ4n) is 2.89. The van der Waals surface area contributed by atoms with Gasteiger partial charge >= 0.3 is 0 Å². The number of benzene rings is 3. The molecular formula is C24H25NO4S. The Bertz CT molecular complexity index is 1080. The number of sulfone groups is 1. The predicted molar refractivity (Wildman–Crippen MR) is 117 cm³/mol. The van der Waals surface area contributed by atoms with Crippen LogP contribution in [0, 0.1) is 6.92 Å². The van der Waals surface area contributed by atoms with Gasteiger partial charge in [0.2, 0.25) is 5.91 Å². The molecule has 0 fully saturated rings. The lowest BCUT2D eigenvalue weighted by molar-refractivity contribution is -0.120. The first-order valence-electron chi connectivity index (χ1n) is 9.74. The highest BCUT2D eigenvalue weighted by molar-refractivity contribution is 7.91. The Balaban J connectivity index is 1.48. The maximum absolute atomic E-state index is 12.4. The van der Waals surface area contributed by atoms with Crippen molar-refractivity contribution in [2.75, 3.05) is 5.75 Å². The molecule has 0 spiro atoms. The highest BCUT2D eigenvalue weighted by Crippen LogP contribution is 2.14. The third-order valence-electron chi connectivity index (χ3n) is 4.61. The minimum Gasteiger partial charge on any atom is -0.489 e. The van der Waals surface area contributed by atoms with Gasteiger partial charge in [0, 0.05) is 13.0 Å². The van der Waals surface area contributed by atoms with Gasteiger partial charge in [-0.25, -0.2) is 8.42 Å². The summed E-state index contributed by atoms with van der Waals surface area (Å²) in [6.07, 6.45) is -0.0764. The third kappa shape index (κ3) is 6.46. The summed E-state index contributed by atoms with van der Waals surface area (Å²) in [7, 11) is -3.47. The van der Waals surface area contributed by atoms with Gasteiger partial charge in [0.05, 0.1) is 10.6 Å². The SMILES string of the molecule is Cc1ccc(S(=O)(=O)CCC(=O)NCc2cccc(COc3ccccc3)c2)cc1. The lowest BCUT2D eigenvalue weighted by Crippen LogP contribution is -2.25. The van der Waals surface area contributed by atoms with Gasteiger partial charge in [0.25, 0.3) is 0 Å². The second kappa shape index (κ2) is 10.1. The number of para-hydroxylation sites is 1. The topological polar surface area (TPSA) is 72.5 Å². The zero-order valence-corrected chi connectivity index (χ0v) is 17.7. The molecule has 0 saturated carbocycles. The van der Waals surface area contributed by atoms with Crippen LogP contribution in [0.4, 0.5) is 0 Å². The number of carbonyl (C=O) groups is 1. The van der Waals surface area contributed by atoms with Crippen LogP contribution in [0.15, 0.2) is 83.8 Å². The van der Waals surface area contributed by atoms with E-state index in [1.807, 2.05) is 61.5 Å². The highest BCUT2D eigenvalue weighted by atomic mass is 32.2. The Hall–Kier alpha value is -3.12. The van der Waals surface area contributed by atoms with Crippen molar-refractivity contribution in [2.24, 2.45) is 0 Å². The van der Waals surface area contributed by atoms with Gasteiger partial charge in [-0.15, -0.1) is 0 Å². The number of rotatable bonds is 9. The van der Waals surface area contributed by atoms with Crippen LogP contribution in [0.1, 0.15) is 23.1 Å². The van der Waals surface area contributed by atoms with E-state index in [4.69, 9.17) is 4.74 Å². The first kappa shape index (κ1) is 21.6. The third-order valence-corrected chi connectivity index (χ3v) is 6.34. The van der Waals surface area contributed by atoms with Gasteiger partial charge in [0.15, 0.2) is 9.84 Å². The van der Waals surface area contributed by atoms with Crippen molar-refractivity contribution in [1.82, 2.24) is 5.32 Å². The quantitative estimate of drug-likeness (QED) is 0.563. The lowest BCUT2D eigenvalue weighted by Gasteiger charge is -2.09. The molecule has 0 aliphatic rings. The minimum absolute atomic E-state index is 0.0764. The van der Waals surface area contributed by atoms with E-state index in [1.165, 1.54) is 0 Å². The Morgan fingerprint density at radius 2 is 1.60 bits per heavy atom. The first-order chi connectivity index (χ1) is 14.4. The molecule has 0 aliphatic heterocycles. The molecule has 3 aromatic carbocycles. The van der Waals surface area contributed by atoms with Crippen LogP contribution < -0.4 is 10.1 Å². The Morgan fingerprint density at radius 1 is 0.900 bits per heavy atom. The molecule has 1 amide bonds. The zero-order chi connectivity index (χ0) is 21.4. The smallest absolute Gasteiger partial charge is 0.221 e. The molecule has 0 aliphatic carbocycles. The van der Waals surface area contributed by atoms with Crippen LogP contribution in [0.3, 0.4) is 0 Å². The summed E-state index contributed by atoms with van der Waals surface area (Å²) in [5.74, 6) is 0.287. The minimum atomic E-state index is -3.47. The van der Waals surface area contributed by atoms with Gasteiger partial charge < -0.3 is 10.1 Å². The average Bonchev–Trinajstić information content (AvgIpc) is 2.76. The van der Waals surface area contributed by atoms with E-state index in [1.54, 1.807) is 24.3 Å². The average molecular weight is 424 g/mol. The molecule has 0 atom stereocenters. The van der Waals surface area contributed by atoms with E-state index < -0.39 is 9.84 Å². The van der Waals surface area contributed by atoms with Gasteiger partial charge in [-0.3, -0.25) is 4.79 Å². The van der Waals surface area contributed by atoms with Crippen LogP contribution in [0.5, 0.6) is 5.75 Å². The van der Waals surface area contributed by atoms with Crippen molar-refractivity contribution in [3.05, 3.63) is 95.6 Å². The molecular weight excluding hydrogens is 398 g/mol. The largest absolute Gasteiger partial charge is 0.489 e. The maximum Gasteiger partial charge on any atom is 0.221 e. The second-order valence-corrected chi connectivity index (χ2v) is 9.19. The molecule has 30 heavy (non-hydrogen) atoms. The van der Waals surface area contributed by atoms with Crippen molar-refractivity contribution in [2.45, 2.75) is 31.4 Å². The van der Waals surface area contributed by atoms with Gasteiger partial charge in [-0.05, 0) is 42.3 Å². The molecule has 0 radical (unpaired) electrons. The maximum atomic E-state index is 12.4. The lowest BCUT2D eigenvalue weighted by atomic mass is 10.1. The van der Waals surface area contributed by atoms with E-state index in [2.05, 4.69) is 5.32 Å². The Labute approximate surface area is 177 Å². The van der Waals surface area contributed by atoms with Crippen molar-refractivity contribution < 1.29 is 17.9 Å². The van der Waals surface area contributed by atoms with Gasteiger partial charge in [-0.2, -0.15) is 0 Å². The van der Waals surface area contributed by atoms with Crippen molar-refractivity contribution in [3.63, 3.8) is 0 Å². The van der Waals surface area contributed by atoms with E-state index in [9.17, 15) is 13.2 Å². The summed E-state index contributed by atoms with van der Waals surface area (Å²) >= 11 is 0. The summed E-state index contributed by atoms with van der Waals surface area (Å²) in [4.78, 5) is 12.4. The van der Waals surface area contributed by atoms with Crippen molar-refractivity contribution >= 4 is 15.7 Å². The highest BCUT2D eigenvalue weighted by Gasteiger charge is 2.16. The van der Waals surface area contributed by atoms with Crippen molar-refractivity contribution in [1.29, 1.82) is 0 Å². The number of carbonyl (C=O) groups excluding carboxylic acids is 1. The molecule has 0 heterocycles. The molecule has 1 N–H and O–H groups in total. The molecule has 0 saturated heterocycles. The normalized spacial score (nSPS) is 11.1. The molecule has 0 unspecified atom stereocenters. The first-order valence-corrected chi connectivity index (χ1v) is 11.4. The summed E-state index contributed by atoms with van der Waals surface area (Å²) in [5, 5.41) is 2.79. The summed E-state index contributed by atoms with van der Waals surface area (Å²) in [5.41, 5.74) is 2.91. The van der Waals surface area contributed by atoms with Crippen molar-refractivity contribution in [3.8, 4) is 5.75 Å². The summed E-state index contributed by atoms with van der Waals surface area (Å²) < 4.78 is 30.5. The molecule has 6 heteroatoms. The number of nitrogens with one attached hydrogen (secondary N) is 1. The summed E-state index contributed by atoms with van der Waals surface area (Å²) in [6.45, 7) is 2.66. The standard InChI is InChI=1S/C24H25NO4S/c1-19-10-12-23(13-11-19)30(27,28)15-14-24(26)25-17-20-6-5-7-21(16-20)18-29-22-8-3-2-4-9-22/h2-13,16H,14-15,17-18H2,1H3,(H,25,26). The Kier molecular flexibility index (Phi) is 7.25. The van der Waals surface area contributed by atoms with Crippen LogP contribution in [-0.2, 0) is 27.8 Å². The van der Waals surface area contributed by atoms with Gasteiger partial charge in [0.1, 0.15) is 12.4 Å². The molecule has 5 nitrogen and oxygen atoms in total. The molecule has 0 bridgehead atoms. The number of amides is 1. The number of ether oxygens (including phenoxy) is 1. The van der Waals surface area contributed by atoms with E-state index in [0.717, 1.165) is 22.4 Å². The van der Waals surface area contributed by atoms with E-state index in [-0.39, 0.29) is 23.0 Å². The monoisotopic (exact) mass is 423 g/mol. The van der Waals surface area contributed by atoms with Gasteiger partial charge in [-0.1, -0.05) is 60.2 Å². The number of aryl methyl sites for hydroxylation is 1. The Morgan fingerprint density at radius 3 is 2.33 bits per heavy atom. The van der Waals surface area contributed by atoms with Crippen LogP contribution in [0.2, 0.25) is 0 Å². The number of hydrogen-bond acceptors (Lipinski definition) is 4. The molecule has 3 rings (SSSR count). The summed E-state index contributed by atoms with van der Waals surface area (Å²) in [6, 6.07) is 24.0. The second-order valence-electron chi connectivity index (χ2n) is 7.08. The molecule has 156 valence electrons. The van der Waals surface area contributed by atoms with E-state index in [0.29, 0.717) is 13.2 Å². The zero-order valence-electron chi connectivity index (χ0n) is 16.9. The van der Waals surface area contributed by atoms with Crippen LogP contribution >= 0.6 is 0 Å². The van der Waals surface area contributed by atoms with E-state index >= 15 is 0 Å². The van der Waals surface area contributed by atoms with Crippen LogP contribution in [-0.4, -0.2) is 20.1 Å². The molecule has 0 aromatic heterocycles. The fraction of sp³-hybridized carbons (Fsp3) is 0.208. The number of hydrogen-bond donors (Lipinski definition) is 1. The fourth-order valence-corrected chi connectivity index (χ4v) is 4.13. The molecule has 3 aromatic rings. The van der Waals surface area contributed by atoms with Crippen LogP contribution in [0.25, 0.3) is 0 Å². The predicted octanol–water partition coefficient (Wildman–Crippen LogP) is 4.05.